The second-order valence-electron chi connectivity index (χ2n) is 9.14. The summed E-state index contributed by atoms with van der Waals surface area (Å²) < 4.78 is 45.7. The first-order valence-electron chi connectivity index (χ1n) is 12.0. The molecule has 206 valence electrons. The van der Waals surface area contributed by atoms with Crippen LogP contribution in [0.2, 0.25) is 0 Å². The van der Waals surface area contributed by atoms with Crippen LogP contribution in [0.25, 0.3) is 0 Å². The Balaban J connectivity index is 0.00000253. The Kier molecular flexibility index (Phi) is 11.9. The van der Waals surface area contributed by atoms with Gasteiger partial charge in [0.2, 0.25) is 5.91 Å². The zero-order chi connectivity index (χ0) is 25.7. The van der Waals surface area contributed by atoms with Crippen molar-refractivity contribution in [3.8, 4) is 11.5 Å². The average molecular weight is 570 g/mol. The number of carbonyl (C=O) groups excluding carboxylic acids is 1. The van der Waals surface area contributed by atoms with Crippen LogP contribution >= 0.6 is 24.8 Å². The normalized spacial score (nSPS) is 13.8. The summed E-state index contributed by atoms with van der Waals surface area (Å²) in [7, 11) is 1.74. The number of nitrogens with one attached hydrogen (secondary N) is 2. The molecule has 3 aromatic rings. The van der Waals surface area contributed by atoms with E-state index in [0.717, 1.165) is 43.7 Å². The fourth-order valence-electron chi connectivity index (χ4n) is 4.56. The highest BCUT2D eigenvalue weighted by atomic mass is 35.5. The molecule has 1 amide bonds. The maximum atomic E-state index is 13.8. The van der Waals surface area contributed by atoms with Gasteiger partial charge in [-0.05, 0) is 86.8 Å². The second kappa shape index (κ2) is 14.4. The summed E-state index contributed by atoms with van der Waals surface area (Å²) in [6.45, 7) is 5.04. The van der Waals surface area contributed by atoms with Gasteiger partial charge in [-0.1, -0.05) is 18.2 Å². The van der Waals surface area contributed by atoms with E-state index in [2.05, 4.69) is 34.6 Å². The van der Waals surface area contributed by atoms with Crippen LogP contribution in [0.3, 0.4) is 0 Å². The number of carbonyl (C=O) groups is 1. The van der Waals surface area contributed by atoms with Gasteiger partial charge in [0.25, 0.3) is 0 Å². The zero-order valence-electron chi connectivity index (χ0n) is 21.2. The molecule has 0 atom stereocenters. The first kappa shape index (κ1) is 31.4. The first-order chi connectivity index (χ1) is 17.3. The van der Waals surface area contributed by atoms with Gasteiger partial charge in [0.15, 0.2) is 23.2 Å². The average Bonchev–Trinajstić information content (AvgIpc) is 2.85. The number of likely N-dealkylation sites (N-methyl/N-ethyl adjacent to an activating group) is 1. The molecule has 0 aromatic heterocycles. The SMILES string of the molecule is CNCC(=O)Nc1ccc(C)c(C2CCN(Cc3ccc(Oc4cc(F)c(F)cc4F)cc3)CC2)c1.Cl.Cl. The molecule has 4 rings (SSSR count). The molecular formula is C28H32Cl2F3N3O2. The number of ether oxygens (including phenoxy) is 1. The van der Waals surface area contributed by atoms with Gasteiger partial charge >= 0.3 is 0 Å². The molecule has 1 aliphatic rings. The highest BCUT2D eigenvalue weighted by molar-refractivity contribution is 5.92. The molecular weight excluding hydrogens is 538 g/mol. The number of amides is 1. The van der Waals surface area contributed by atoms with E-state index in [4.69, 9.17) is 4.74 Å². The number of rotatable bonds is 8. The number of nitrogens with zero attached hydrogens (tertiary/aromatic N) is 1. The van der Waals surface area contributed by atoms with Crippen LogP contribution < -0.4 is 15.4 Å². The molecule has 0 saturated carbocycles. The van der Waals surface area contributed by atoms with Gasteiger partial charge in [-0.3, -0.25) is 9.69 Å². The Labute approximate surface area is 233 Å². The number of anilines is 1. The van der Waals surface area contributed by atoms with E-state index < -0.39 is 17.5 Å². The quantitative estimate of drug-likeness (QED) is 0.301. The molecule has 0 radical (unpaired) electrons. The van der Waals surface area contributed by atoms with E-state index in [9.17, 15) is 18.0 Å². The molecule has 3 aromatic carbocycles. The van der Waals surface area contributed by atoms with E-state index in [1.54, 1.807) is 19.2 Å². The smallest absolute Gasteiger partial charge is 0.238 e. The predicted octanol–water partition coefficient (Wildman–Crippen LogP) is 6.59. The van der Waals surface area contributed by atoms with E-state index in [-0.39, 0.29) is 43.0 Å². The molecule has 1 fully saturated rings. The van der Waals surface area contributed by atoms with E-state index >= 15 is 0 Å². The molecule has 2 N–H and O–H groups in total. The number of benzene rings is 3. The number of likely N-dealkylation sites (tertiary alicyclic amines) is 1. The molecule has 1 heterocycles. The molecule has 1 saturated heterocycles. The minimum atomic E-state index is -1.25. The monoisotopic (exact) mass is 569 g/mol. The van der Waals surface area contributed by atoms with Gasteiger partial charge in [0.05, 0.1) is 6.54 Å². The highest BCUT2D eigenvalue weighted by Crippen LogP contribution is 2.33. The zero-order valence-corrected chi connectivity index (χ0v) is 22.9. The molecule has 0 spiro atoms. The number of hydrogen-bond acceptors (Lipinski definition) is 4. The van der Waals surface area contributed by atoms with Gasteiger partial charge in [-0.15, -0.1) is 24.8 Å². The van der Waals surface area contributed by atoms with Crippen molar-refractivity contribution in [3.63, 3.8) is 0 Å². The number of halogens is 5. The number of hydrogen-bond donors (Lipinski definition) is 2. The Morgan fingerprint density at radius 2 is 1.61 bits per heavy atom. The van der Waals surface area contributed by atoms with Crippen molar-refractivity contribution in [1.29, 1.82) is 0 Å². The topological polar surface area (TPSA) is 53.6 Å². The fraction of sp³-hybridized carbons (Fsp3) is 0.321. The Morgan fingerprint density at radius 3 is 2.26 bits per heavy atom. The lowest BCUT2D eigenvalue weighted by atomic mass is 9.86. The van der Waals surface area contributed by atoms with Crippen LogP contribution in [0.5, 0.6) is 11.5 Å². The summed E-state index contributed by atoms with van der Waals surface area (Å²) in [4.78, 5) is 14.3. The summed E-state index contributed by atoms with van der Waals surface area (Å²) in [5.41, 5.74) is 4.41. The van der Waals surface area contributed by atoms with Crippen LogP contribution in [0.15, 0.2) is 54.6 Å². The third-order valence-corrected chi connectivity index (χ3v) is 6.46. The minimum absolute atomic E-state index is 0. The van der Waals surface area contributed by atoms with Crippen LogP contribution in [0.4, 0.5) is 18.9 Å². The highest BCUT2D eigenvalue weighted by Gasteiger charge is 2.22. The maximum Gasteiger partial charge on any atom is 0.238 e. The molecule has 1 aliphatic heterocycles. The van der Waals surface area contributed by atoms with E-state index in [1.165, 1.54) is 11.1 Å². The molecule has 10 heteroatoms. The number of aryl methyl sites for hydroxylation is 1. The van der Waals surface area contributed by atoms with Crippen LogP contribution in [0.1, 0.15) is 35.4 Å². The molecule has 5 nitrogen and oxygen atoms in total. The van der Waals surface area contributed by atoms with Gasteiger partial charge in [0.1, 0.15) is 5.75 Å². The van der Waals surface area contributed by atoms with Gasteiger partial charge in [0, 0.05) is 24.4 Å². The summed E-state index contributed by atoms with van der Waals surface area (Å²) in [6.07, 6.45) is 2.04. The third kappa shape index (κ3) is 8.11. The fourth-order valence-corrected chi connectivity index (χ4v) is 4.56. The Hall–Kier alpha value is -2.78. The molecule has 0 unspecified atom stereocenters. The standard InChI is InChI=1S/C28H30F3N3O2.2ClH/c1-18-3-6-21(33-28(35)16-32-2)13-23(18)20-9-11-34(12-10-20)17-19-4-7-22(8-5-19)36-27-15-25(30)24(29)14-26(27)31;;/h3-8,13-15,20,32H,9-12,16-17H2,1-2H3,(H,33,35);2*1H. The van der Waals surface area contributed by atoms with E-state index in [0.29, 0.717) is 23.8 Å². The van der Waals surface area contributed by atoms with Crippen molar-refractivity contribution in [2.75, 3.05) is 32.0 Å². The largest absolute Gasteiger partial charge is 0.454 e. The van der Waals surface area contributed by atoms with Crippen molar-refractivity contribution < 1.29 is 22.7 Å². The summed E-state index contributed by atoms with van der Waals surface area (Å²) >= 11 is 0. The summed E-state index contributed by atoms with van der Waals surface area (Å²) in [6, 6.07) is 14.4. The summed E-state index contributed by atoms with van der Waals surface area (Å²) in [5, 5.41) is 5.80. The van der Waals surface area contributed by atoms with Crippen LogP contribution in [-0.2, 0) is 11.3 Å². The van der Waals surface area contributed by atoms with Crippen molar-refractivity contribution in [2.45, 2.75) is 32.2 Å². The number of piperidine rings is 1. The lowest BCUT2D eigenvalue weighted by molar-refractivity contribution is -0.115. The van der Waals surface area contributed by atoms with Gasteiger partial charge in [-0.2, -0.15) is 0 Å². The van der Waals surface area contributed by atoms with Gasteiger partial charge in [-0.25, -0.2) is 13.2 Å². The predicted molar refractivity (Wildman–Crippen MR) is 148 cm³/mol. The molecule has 0 bridgehead atoms. The van der Waals surface area contributed by atoms with Crippen LogP contribution in [-0.4, -0.2) is 37.5 Å². The van der Waals surface area contributed by atoms with Crippen molar-refractivity contribution in [1.82, 2.24) is 10.2 Å². The Morgan fingerprint density at radius 1 is 0.947 bits per heavy atom. The van der Waals surface area contributed by atoms with Crippen LogP contribution in [0, 0.1) is 24.4 Å². The third-order valence-electron chi connectivity index (χ3n) is 6.46. The Bertz CT molecular complexity index is 1220. The molecule has 0 aliphatic carbocycles. The van der Waals surface area contributed by atoms with E-state index in [1.807, 2.05) is 18.2 Å². The minimum Gasteiger partial charge on any atom is -0.454 e. The lowest BCUT2D eigenvalue weighted by Gasteiger charge is -2.33. The summed E-state index contributed by atoms with van der Waals surface area (Å²) in [5.74, 6) is -3.01. The maximum absolute atomic E-state index is 13.8. The first-order valence-corrected chi connectivity index (χ1v) is 12.0. The molecule has 38 heavy (non-hydrogen) atoms. The van der Waals surface area contributed by atoms with Crippen molar-refractivity contribution in [2.24, 2.45) is 0 Å². The van der Waals surface area contributed by atoms with Crippen molar-refractivity contribution in [3.05, 3.63) is 88.7 Å². The van der Waals surface area contributed by atoms with Crippen molar-refractivity contribution >= 4 is 36.4 Å². The lowest BCUT2D eigenvalue weighted by Crippen LogP contribution is -2.32. The second-order valence-corrected chi connectivity index (χ2v) is 9.14. The van der Waals surface area contributed by atoms with Gasteiger partial charge < -0.3 is 15.4 Å².